The molecule has 0 atom stereocenters. The first kappa shape index (κ1) is 12.9. The van der Waals surface area contributed by atoms with Crippen molar-refractivity contribution in [1.29, 1.82) is 0 Å². The summed E-state index contributed by atoms with van der Waals surface area (Å²) in [5.41, 5.74) is 4.46. The van der Waals surface area contributed by atoms with Crippen LogP contribution in [0, 0.1) is 0 Å². The van der Waals surface area contributed by atoms with Crippen LogP contribution in [0.15, 0.2) is 48.5 Å². The lowest BCUT2D eigenvalue weighted by molar-refractivity contribution is 0.0951. The Hall–Kier alpha value is -2.13. The van der Waals surface area contributed by atoms with Crippen molar-refractivity contribution in [2.45, 2.75) is 19.5 Å². The van der Waals surface area contributed by atoms with Crippen molar-refractivity contribution in [2.75, 3.05) is 6.54 Å². The van der Waals surface area contributed by atoms with Gasteiger partial charge in [-0.05, 0) is 41.8 Å². The molecule has 2 aromatic carbocycles. The highest BCUT2D eigenvalue weighted by molar-refractivity contribution is 5.94. The number of hydrogen-bond acceptors (Lipinski definition) is 2. The van der Waals surface area contributed by atoms with Crippen molar-refractivity contribution in [3.63, 3.8) is 0 Å². The van der Waals surface area contributed by atoms with E-state index < -0.39 is 0 Å². The first-order valence-corrected chi connectivity index (χ1v) is 6.97. The van der Waals surface area contributed by atoms with Crippen LogP contribution in [-0.4, -0.2) is 12.5 Å². The van der Waals surface area contributed by atoms with Crippen LogP contribution in [0.3, 0.4) is 0 Å². The molecule has 0 radical (unpaired) electrons. The lowest BCUT2D eigenvalue weighted by Gasteiger charge is -2.17. The molecule has 0 aromatic heterocycles. The van der Waals surface area contributed by atoms with Gasteiger partial charge in [0.1, 0.15) is 0 Å². The number of amides is 1. The molecule has 1 aliphatic heterocycles. The average Bonchev–Trinajstić information content (AvgIpc) is 2.53. The maximum atomic E-state index is 12.2. The molecule has 0 aliphatic carbocycles. The molecule has 20 heavy (non-hydrogen) atoms. The van der Waals surface area contributed by atoms with E-state index in [0.29, 0.717) is 6.54 Å². The highest BCUT2D eigenvalue weighted by atomic mass is 16.1. The number of carbonyl (C=O) groups is 1. The molecule has 3 nitrogen and oxygen atoms in total. The third-order valence-corrected chi connectivity index (χ3v) is 3.65. The Balaban J connectivity index is 1.68. The summed E-state index contributed by atoms with van der Waals surface area (Å²) >= 11 is 0. The maximum Gasteiger partial charge on any atom is 0.251 e. The van der Waals surface area contributed by atoms with Crippen LogP contribution in [0.4, 0.5) is 0 Å². The molecule has 0 saturated heterocycles. The van der Waals surface area contributed by atoms with E-state index >= 15 is 0 Å². The second-order valence-corrected chi connectivity index (χ2v) is 5.08. The van der Waals surface area contributed by atoms with Gasteiger partial charge in [0.05, 0.1) is 0 Å². The van der Waals surface area contributed by atoms with E-state index in [2.05, 4.69) is 16.7 Å². The zero-order valence-corrected chi connectivity index (χ0v) is 11.4. The van der Waals surface area contributed by atoms with E-state index in [4.69, 9.17) is 0 Å². The van der Waals surface area contributed by atoms with Gasteiger partial charge in [-0.3, -0.25) is 4.79 Å². The van der Waals surface area contributed by atoms with Crippen LogP contribution in [0.2, 0.25) is 0 Å². The number of benzene rings is 2. The van der Waals surface area contributed by atoms with Crippen LogP contribution in [0.25, 0.3) is 0 Å². The Morgan fingerprint density at radius 1 is 1.10 bits per heavy atom. The number of fused-ring (bicyclic) bond motifs is 1. The first-order valence-electron chi connectivity index (χ1n) is 6.97. The van der Waals surface area contributed by atoms with Gasteiger partial charge in [0.2, 0.25) is 0 Å². The third kappa shape index (κ3) is 2.89. The molecular weight excluding hydrogens is 248 g/mol. The largest absolute Gasteiger partial charge is 0.348 e. The third-order valence-electron chi connectivity index (χ3n) is 3.65. The predicted molar refractivity (Wildman–Crippen MR) is 79.5 cm³/mol. The van der Waals surface area contributed by atoms with Gasteiger partial charge >= 0.3 is 0 Å². The Morgan fingerprint density at radius 3 is 2.80 bits per heavy atom. The zero-order chi connectivity index (χ0) is 13.8. The molecule has 1 amide bonds. The molecule has 1 aliphatic rings. The molecule has 0 bridgehead atoms. The molecule has 3 rings (SSSR count). The van der Waals surface area contributed by atoms with E-state index in [1.165, 1.54) is 11.1 Å². The monoisotopic (exact) mass is 266 g/mol. The van der Waals surface area contributed by atoms with Crippen LogP contribution in [-0.2, 0) is 19.5 Å². The van der Waals surface area contributed by atoms with E-state index in [1.807, 2.05) is 42.5 Å². The summed E-state index contributed by atoms with van der Waals surface area (Å²) < 4.78 is 0. The van der Waals surface area contributed by atoms with E-state index in [0.717, 1.165) is 30.6 Å². The highest BCUT2D eigenvalue weighted by Gasteiger charge is 2.12. The fraction of sp³-hybridized carbons (Fsp3) is 0.235. The van der Waals surface area contributed by atoms with E-state index in [9.17, 15) is 4.79 Å². The number of hydrogen-bond donors (Lipinski definition) is 2. The van der Waals surface area contributed by atoms with Crippen molar-refractivity contribution >= 4 is 5.91 Å². The summed E-state index contributed by atoms with van der Waals surface area (Å²) in [5.74, 6) is -0.00446. The molecule has 0 saturated carbocycles. The van der Waals surface area contributed by atoms with Gasteiger partial charge in [-0.1, -0.05) is 36.4 Å². The first-order chi connectivity index (χ1) is 9.83. The van der Waals surface area contributed by atoms with Gasteiger partial charge in [-0.15, -0.1) is 0 Å². The van der Waals surface area contributed by atoms with Gasteiger partial charge < -0.3 is 10.6 Å². The minimum atomic E-state index is -0.00446. The standard InChI is InChI=1S/C17H18N2O/c20-17(19-11-13-4-2-1-3-5-13)15-6-7-16-12-18-9-8-14(16)10-15/h1-7,10,18H,8-9,11-12H2,(H,19,20). The SMILES string of the molecule is O=C(NCc1ccccc1)c1ccc2c(c1)CCNC2. The van der Waals surface area contributed by atoms with Gasteiger partial charge in [0.25, 0.3) is 5.91 Å². The Bertz CT molecular complexity index is 608. The molecule has 1 heterocycles. The van der Waals surface area contributed by atoms with E-state index in [-0.39, 0.29) is 5.91 Å². The van der Waals surface area contributed by atoms with Gasteiger partial charge in [0.15, 0.2) is 0 Å². The van der Waals surface area contributed by atoms with Crippen LogP contribution >= 0.6 is 0 Å². The molecule has 0 unspecified atom stereocenters. The van der Waals surface area contributed by atoms with Crippen molar-refractivity contribution in [2.24, 2.45) is 0 Å². The number of carbonyl (C=O) groups excluding carboxylic acids is 1. The second-order valence-electron chi connectivity index (χ2n) is 5.08. The predicted octanol–water partition coefficient (Wildman–Crippen LogP) is 2.26. The smallest absolute Gasteiger partial charge is 0.251 e. The number of rotatable bonds is 3. The average molecular weight is 266 g/mol. The maximum absolute atomic E-state index is 12.2. The summed E-state index contributed by atoms with van der Waals surface area (Å²) in [5, 5.41) is 6.30. The quantitative estimate of drug-likeness (QED) is 0.894. The van der Waals surface area contributed by atoms with Crippen LogP contribution in [0.5, 0.6) is 0 Å². The lowest BCUT2D eigenvalue weighted by atomic mass is 9.98. The summed E-state index contributed by atoms with van der Waals surface area (Å²) in [7, 11) is 0. The van der Waals surface area contributed by atoms with Crippen molar-refractivity contribution < 1.29 is 4.79 Å². The summed E-state index contributed by atoms with van der Waals surface area (Å²) in [4.78, 5) is 12.2. The highest BCUT2D eigenvalue weighted by Crippen LogP contribution is 2.16. The molecule has 0 spiro atoms. The minimum absolute atomic E-state index is 0.00446. The van der Waals surface area contributed by atoms with Crippen LogP contribution in [0.1, 0.15) is 27.0 Å². The second kappa shape index (κ2) is 5.88. The summed E-state index contributed by atoms with van der Waals surface area (Å²) in [6.45, 7) is 2.46. The lowest BCUT2D eigenvalue weighted by Crippen LogP contribution is -2.26. The molecular formula is C17H18N2O. The molecule has 3 heteroatoms. The van der Waals surface area contributed by atoms with E-state index in [1.54, 1.807) is 0 Å². The van der Waals surface area contributed by atoms with Gasteiger partial charge in [-0.2, -0.15) is 0 Å². The van der Waals surface area contributed by atoms with Gasteiger partial charge in [0, 0.05) is 18.7 Å². The summed E-state index contributed by atoms with van der Waals surface area (Å²) in [6, 6.07) is 15.9. The van der Waals surface area contributed by atoms with Crippen LogP contribution < -0.4 is 10.6 Å². The molecule has 2 N–H and O–H groups in total. The zero-order valence-electron chi connectivity index (χ0n) is 11.4. The Labute approximate surface area is 119 Å². The van der Waals surface area contributed by atoms with Crippen molar-refractivity contribution in [1.82, 2.24) is 10.6 Å². The molecule has 102 valence electrons. The molecule has 2 aromatic rings. The Morgan fingerprint density at radius 2 is 1.95 bits per heavy atom. The van der Waals surface area contributed by atoms with Gasteiger partial charge in [-0.25, -0.2) is 0 Å². The normalized spacial score (nSPS) is 13.6. The van der Waals surface area contributed by atoms with Crippen molar-refractivity contribution in [3.8, 4) is 0 Å². The Kier molecular flexibility index (Phi) is 3.79. The van der Waals surface area contributed by atoms with Crippen molar-refractivity contribution in [3.05, 3.63) is 70.8 Å². The molecule has 0 fully saturated rings. The summed E-state index contributed by atoms with van der Waals surface area (Å²) in [6.07, 6.45) is 0.995. The fourth-order valence-corrected chi connectivity index (χ4v) is 2.50. The minimum Gasteiger partial charge on any atom is -0.348 e. The topological polar surface area (TPSA) is 41.1 Å². The number of nitrogens with one attached hydrogen (secondary N) is 2. The fourth-order valence-electron chi connectivity index (χ4n) is 2.50.